The standard InChI is InChI=1S/C24H25FN6O4S/c1-28(24(36)34-2)21-13-31(23(33)35-21)16-4-6-20(17(25)12-16)29-7-9-30(10-8-29)22(32)15-3-5-18-19(11-15)27-14-26-18/h3-6,11-12,14,21H,7-10,13H2,1-2H3,(H,26,27). The SMILES string of the molecule is COC(=S)N(C)C1CN(c2ccc(N3CCN(C(=O)c4ccc5nc[nH]c5c4)CC3)c(F)c2)C(=O)O1. The first-order valence-electron chi connectivity index (χ1n) is 11.4. The Balaban J connectivity index is 1.23. The van der Waals surface area contributed by atoms with Gasteiger partial charge in [0.1, 0.15) is 5.82 Å². The fourth-order valence-corrected chi connectivity index (χ4v) is 4.56. The van der Waals surface area contributed by atoms with Crippen molar-refractivity contribution >= 4 is 51.8 Å². The molecule has 1 N–H and O–H groups in total. The van der Waals surface area contributed by atoms with Crippen molar-refractivity contribution < 1.29 is 23.5 Å². The number of rotatable bonds is 4. The van der Waals surface area contributed by atoms with Crippen LogP contribution in [0.4, 0.5) is 20.6 Å². The molecule has 2 fully saturated rings. The number of hydrogen-bond acceptors (Lipinski definition) is 7. The lowest BCUT2D eigenvalue weighted by molar-refractivity contribution is 0.0677. The molecule has 1 atom stereocenters. The van der Waals surface area contributed by atoms with Gasteiger partial charge in [-0.1, -0.05) is 0 Å². The number of cyclic esters (lactones) is 1. The van der Waals surface area contributed by atoms with E-state index in [9.17, 15) is 9.59 Å². The summed E-state index contributed by atoms with van der Waals surface area (Å²) >= 11 is 5.09. The van der Waals surface area contributed by atoms with E-state index in [0.29, 0.717) is 43.1 Å². The molecule has 2 aliphatic heterocycles. The minimum absolute atomic E-state index is 0.0676. The molecule has 12 heteroatoms. The highest BCUT2D eigenvalue weighted by molar-refractivity contribution is 7.80. The molecule has 36 heavy (non-hydrogen) atoms. The monoisotopic (exact) mass is 512 g/mol. The molecule has 0 bridgehead atoms. The van der Waals surface area contributed by atoms with Crippen LogP contribution in [0, 0.1) is 5.82 Å². The van der Waals surface area contributed by atoms with Gasteiger partial charge in [-0.05, 0) is 48.6 Å². The zero-order valence-corrected chi connectivity index (χ0v) is 20.6. The number of halogens is 1. The topological polar surface area (TPSA) is 94.2 Å². The maximum absolute atomic E-state index is 15.1. The second-order valence-electron chi connectivity index (χ2n) is 8.58. The van der Waals surface area contributed by atoms with Gasteiger partial charge in [0, 0.05) is 38.8 Å². The average Bonchev–Trinajstić information content (AvgIpc) is 3.53. The number of thiocarbonyl (C=S) groups is 1. The van der Waals surface area contributed by atoms with Gasteiger partial charge in [-0.2, -0.15) is 0 Å². The van der Waals surface area contributed by atoms with Gasteiger partial charge in [0.05, 0.1) is 42.4 Å². The van der Waals surface area contributed by atoms with Crippen LogP contribution >= 0.6 is 12.2 Å². The summed E-state index contributed by atoms with van der Waals surface area (Å²) in [7, 11) is 3.11. The molecule has 3 heterocycles. The predicted molar refractivity (Wildman–Crippen MR) is 136 cm³/mol. The van der Waals surface area contributed by atoms with Crippen LogP contribution in [-0.4, -0.2) is 90.1 Å². The van der Waals surface area contributed by atoms with Crippen molar-refractivity contribution in [3.8, 4) is 0 Å². The number of benzene rings is 2. The maximum atomic E-state index is 15.1. The number of anilines is 2. The molecule has 10 nitrogen and oxygen atoms in total. The molecule has 0 radical (unpaired) electrons. The van der Waals surface area contributed by atoms with Crippen LogP contribution in [-0.2, 0) is 9.47 Å². The zero-order chi connectivity index (χ0) is 25.4. The highest BCUT2D eigenvalue weighted by Gasteiger charge is 2.36. The number of nitrogens with one attached hydrogen (secondary N) is 1. The number of nitrogens with zero attached hydrogens (tertiary/aromatic N) is 5. The van der Waals surface area contributed by atoms with E-state index in [2.05, 4.69) is 9.97 Å². The summed E-state index contributed by atoms with van der Waals surface area (Å²) in [6.45, 7) is 2.09. The summed E-state index contributed by atoms with van der Waals surface area (Å²) in [5.74, 6) is -0.518. The van der Waals surface area contributed by atoms with Gasteiger partial charge in [0.15, 0.2) is 6.23 Å². The summed E-state index contributed by atoms with van der Waals surface area (Å²) in [4.78, 5) is 39.1. The molecule has 188 valence electrons. The maximum Gasteiger partial charge on any atom is 0.416 e. The van der Waals surface area contributed by atoms with Crippen LogP contribution in [0.3, 0.4) is 0 Å². The molecule has 0 aliphatic carbocycles. The van der Waals surface area contributed by atoms with E-state index in [0.717, 1.165) is 11.0 Å². The number of hydrogen-bond donors (Lipinski definition) is 1. The van der Waals surface area contributed by atoms with Crippen molar-refractivity contribution in [3.05, 3.63) is 54.1 Å². The first-order valence-corrected chi connectivity index (χ1v) is 11.8. The first kappa shape index (κ1) is 23.8. The molecule has 2 amide bonds. The number of fused-ring (bicyclic) bond motifs is 1. The third-order valence-electron chi connectivity index (χ3n) is 6.51. The number of ether oxygens (including phenoxy) is 2. The van der Waals surface area contributed by atoms with Gasteiger partial charge >= 0.3 is 6.09 Å². The lowest BCUT2D eigenvalue weighted by Crippen LogP contribution is -2.49. The number of imidazole rings is 1. The lowest BCUT2D eigenvalue weighted by atomic mass is 10.1. The normalized spacial score (nSPS) is 17.9. The second-order valence-corrected chi connectivity index (χ2v) is 8.93. The lowest BCUT2D eigenvalue weighted by Gasteiger charge is -2.36. The predicted octanol–water partition coefficient (Wildman–Crippen LogP) is 2.81. The van der Waals surface area contributed by atoms with E-state index in [-0.39, 0.29) is 17.6 Å². The van der Waals surface area contributed by atoms with E-state index < -0.39 is 18.1 Å². The van der Waals surface area contributed by atoms with Crippen molar-refractivity contribution in [3.63, 3.8) is 0 Å². The van der Waals surface area contributed by atoms with Gasteiger partial charge in [0.2, 0.25) is 0 Å². The third kappa shape index (κ3) is 4.39. The van der Waals surface area contributed by atoms with Crippen LogP contribution in [0.15, 0.2) is 42.7 Å². The quantitative estimate of drug-likeness (QED) is 0.534. The van der Waals surface area contributed by atoms with Crippen LogP contribution in [0.1, 0.15) is 10.4 Å². The molecule has 2 saturated heterocycles. The number of amides is 2. The molecular formula is C24H25FN6O4S. The minimum Gasteiger partial charge on any atom is -0.474 e. The third-order valence-corrected chi connectivity index (χ3v) is 6.96. The van der Waals surface area contributed by atoms with Gasteiger partial charge in [-0.15, -0.1) is 0 Å². The van der Waals surface area contributed by atoms with E-state index in [1.165, 1.54) is 23.0 Å². The minimum atomic E-state index is -0.632. The molecule has 1 aromatic heterocycles. The Bertz CT molecular complexity index is 1320. The summed E-state index contributed by atoms with van der Waals surface area (Å²) in [5.41, 5.74) is 3.01. The number of aromatic amines is 1. The van der Waals surface area contributed by atoms with Crippen LogP contribution < -0.4 is 9.80 Å². The first-order chi connectivity index (χ1) is 17.4. The Hall–Kier alpha value is -3.93. The van der Waals surface area contributed by atoms with E-state index in [1.807, 2.05) is 11.0 Å². The smallest absolute Gasteiger partial charge is 0.416 e. The van der Waals surface area contributed by atoms with E-state index in [1.54, 1.807) is 42.5 Å². The van der Waals surface area contributed by atoms with Gasteiger partial charge < -0.3 is 24.3 Å². The number of methoxy groups -OCH3 is 1. The zero-order valence-electron chi connectivity index (χ0n) is 19.8. The van der Waals surface area contributed by atoms with Gasteiger partial charge in [-0.3, -0.25) is 14.6 Å². The summed E-state index contributed by atoms with van der Waals surface area (Å²) in [6.07, 6.45) is 0.378. The number of H-pyrrole nitrogens is 1. The average molecular weight is 513 g/mol. The van der Waals surface area contributed by atoms with E-state index in [4.69, 9.17) is 21.7 Å². The van der Waals surface area contributed by atoms with Gasteiger partial charge in [0.25, 0.3) is 11.1 Å². The Morgan fingerprint density at radius 1 is 1.22 bits per heavy atom. The largest absolute Gasteiger partial charge is 0.474 e. The highest BCUT2D eigenvalue weighted by Crippen LogP contribution is 2.29. The fraction of sp³-hybridized carbons (Fsp3) is 0.333. The van der Waals surface area contributed by atoms with E-state index >= 15 is 4.39 Å². The second kappa shape index (κ2) is 9.61. The van der Waals surface area contributed by atoms with Crippen molar-refractivity contribution in [1.82, 2.24) is 19.8 Å². The Labute approximate surface area is 212 Å². The van der Waals surface area contributed by atoms with Crippen LogP contribution in [0.5, 0.6) is 0 Å². The highest BCUT2D eigenvalue weighted by atomic mass is 32.1. The van der Waals surface area contributed by atoms with Crippen LogP contribution in [0.2, 0.25) is 0 Å². The Kier molecular flexibility index (Phi) is 6.35. The van der Waals surface area contributed by atoms with Crippen molar-refractivity contribution in [1.29, 1.82) is 0 Å². The molecule has 1 unspecified atom stereocenters. The number of carbonyl (C=O) groups is 2. The Morgan fingerprint density at radius 2 is 2.00 bits per heavy atom. The molecular weight excluding hydrogens is 487 g/mol. The molecule has 2 aromatic carbocycles. The fourth-order valence-electron chi connectivity index (χ4n) is 4.44. The molecule has 3 aromatic rings. The van der Waals surface area contributed by atoms with Crippen molar-refractivity contribution in [2.45, 2.75) is 6.23 Å². The number of aromatic nitrogens is 2. The molecule has 2 aliphatic rings. The number of likely N-dealkylation sites (N-methyl/N-ethyl adjacent to an activating group) is 1. The Morgan fingerprint density at radius 3 is 2.72 bits per heavy atom. The molecule has 5 rings (SSSR count). The summed E-state index contributed by atoms with van der Waals surface area (Å²) in [6, 6.07) is 10.0. The van der Waals surface area contributed by atoms with Crippen molar-refractivity contribution in [2.24, 2.45) is 0 Å². The summed E-state index contributed by atoms with van der Waals surface area (Å²) in [5, 5.41) is 0.190. The van der Waals surface area contributed by atoms with Gasteiger partial charge in [-0.25, -0.2) is 14.2 Å². The number of carbonyl (C=O) groups excluding carboxylic acids is 2. The number of piperazine rings is 1. The summed E-state index contributed by atoms with van der Waals surface area (Å²) < 4.78 is 25.5. The van der Waals surface area contributed by atoms with Crippen LogP contribution in [0.25, 0.3) is 11.0 Å². The molecule has 0 spiro atoms. The molecule has 0 saturated carbocycles. The van der Waals surface area contributed by atoms with Crippen molar-refractivity contribution in [2.75, 3.05) is 56.7 Å².